The van der Waals surface area contributed by atoms with Crippen LogP contribution in [0.3, 0.4) is 0 Å². The molecule has 0 aliphatic carbocycles. The van der Waals surface area contributed by atoms with Crippen LogP contribution < -0.4 is 14.4 Å². The number of anilines is 1. The highest BCUT2D eigenvalue weighted by molar-refractivity contribution is 7.92. The first-order chi connectivity index (χ1) is 17.8. The van der Waals surface area contributed by atoms with Gasteiger partial charge in [0, 0.05) is 13.6 Å². The molecule has 196 valence electrons. The van der Waals surface area contributed by atoms with Gasteiger partial charge in [0.1, 0.15) is 18.3 Å². The third-order valence-electron chi connectivity index (χ3n) is 5.87. The molecule has 37 heavy (non-hydrogen) atoms. The number of hydrogen-bond acceptors (Lipinski definition) is 5. The van der Waals surface area contributed by atoms with Gasteiger partial charge in [-0.2, -0.15) is 0 Å². The van der Waals surface area contributed by atoms with Gasteiger partial charge in [0.25, 0.3) is 10.0 Å². The monoisotopic (exact) mass is 523 g/mol. The van der Waals surface area contributed by atoms with Gasteiger partial charge >= 0.3 is 0 Å². The van der Waals surface area contributed by atoms with Crippen molar-refractivity contribution in [3.63, 3.8) is 0 Å². The van der Waals surface area contributed by atoms with Gasteiger partial charge in [0.15, 0.2) is 0 Å². The Hall–Kier alpha value is -3.85. The van der Waals surface area contributed by atoms with Crippen molar-refractivity contribution in [3.8, 4) is 5.75 Å². The van der Waals surface area contributed by atoms with E-state index < -0.39 is 28.5 Å². The van der Waals surface area contributed by atoms with E-state index in [1.807, 2.05) is 44.2 Å². The van der Waals surface area contributed by atoms with Gasteiger partial charge in [-0.3, -0.25) is 13.9 Å². The van der Waals surface area contributed by atoms with E-state index in [2.05, 4.69) is 5.32 Å². The molecular weight excluding hydrogens is 490 g/mol. The molecule has 3 aromatic carbocycles. The van der Waals surface area contributed by atoms with Crippen molar-refractivity contribution in [2.24, 2.45) is 0 Å². The van der Waals surface area contributed by atoms with Crippen LogP contribution in [0, 0.1) is 0 Å². The van der Waals surface area contributed by atoms with Gasteiger partial charge in [0.05, 0.1) is 17.2 Å². The number of likely N-dealkylation sites (N-methyl/N-ethyl adjacent to an activating group) is 1. The van der Waals surface area contributed by atoms with E-state index in [4.69, 9.17) is 4.74 Å². The largest absolute Gasteiger partial charge is 0.494 e. The number of carbonyl (C=O) groups excluding carboxylic acids is 2. The molecule has 0 radical (unpaired) electrons. The highest BCUT2D eigenvalue weighted by Gasteiger charge is 2.33. The maximum Gasteiger partial charge on any atom is 0.264 e. The molecule has 0 fully saturated rings. The highest BCUT2D eigenvalue weighted by Crippen LogP contribution is 2.26. The van der Waals surface area contributed by atoms with Crippen molar-refractivity contribution in [1.29, 1.82) is 0 Å². The van der Waals surface area contributed by atoms with Crippen molar-refractivity contribution in [3.05, 3.63) is 90.5 Å². The molecule has 0 spiro atoms. The van der Waals surface area contributed by atoms with E-state index in [9.17, 15) is 18.0 Å². The van der Waals surface area contributed by atoms with E-state index in [1.54, 1.807) is 42.5 Å². The lowest BCUT2D eigenvalue weighted by Crippen LogP contribution is -2.51. The molecule has 3 aromatic rings. The van der Waals surface area contributed by atoms with Crippen LogP contribution in [0.1, 0.15) is 25.8 Å². The summed E-state index contributed by atoms with van der Waals surface area (Å²) in [5, 5.41) is 2.62. The number of benzene rings is 3. The van der Waals surface area contributed by atoms with Crippen LogP contribution in [0.25, 0.3) is 0 Å². The van der Waals surface area contributed by atoms with Gasteiger partial charge < -0.3 is 15.0 Å². The fourth-order valence-electron chi connectivity index (χ4n) is 3.99. The Morgan fingerprint density at radius 3 is 2.03 bits per heavy atom. The van der Waals surface area contributed by atoms with E-state index in [1.165, 1.54) is 24.1 Å². The Bertz CT molecular complexity index is 1270. The zero-order chi connectivity index (χ0) is 26.8. The van der Waals surface area contributed by atoms with Crippen molar-refractivity contribution in [1.82, 2.24) is 10.2 Å². The summed E-state index contributed by atoms with van der Waals surface area (Å²) in [5.41, 5.74) is 1.18. The summed E-state index contributed by atoms with van der Waals surface area (Å²) in [6, 6.07) is 23.1. The molecule has 0 saturated carbocycles. The molecule has 0 aliphatic heterocycles. The molecule has 0 unspecified atom stereocenters. The molecule has 0 heterocycles. The topological polar surface area (TPSA) is 96.0 Å². The van der Waals surface area contributed by atoms with Crippen LogP contribution in [0.5, 0.6) is 5.75 Å². The smallest absolute Gasteiger partial charge is 0.264 e. The molecule has 2 amide bonds. The summed E-state index contributed by atoms with van der Waals surface area (Å²) in [5.74, 6) is -0.251. The Morgan fingerprint density at radius 1 is 0.892 bits per heavy atom. The lowest BCUT2D eigenvalue weighted by Gasteiger charge is -2.33. The van der Waals surface area contributed by atoms with E-state index in [0.29, 0.717) is 24.5 Å². The van der Waals surface area contributed by atoms with Gasteiger partial charge in [0.2, 0.25) is 11.8 Å². The minimum atomic E-state index is -4.12. The molecule has 0 aromatic heterocycles. The van der Waals surface area contributed by atoms with Gasteiger partial charge in [-0.25, -0.2) is 8.42 Å². The lowest BCUT2D eigenvalue weighted by molar-refractivity contribution is -0.140. The van der Waals surface area contributed by atoms with E-state index in [-0.39, 0.29) is 17.3 Å². The Morgan fingerprint density at radius 2 is 1.49 bits per heavy atom. The van der Waals surface area contributed by atoms with Crippen LogP contribution in [0.4, 0.5) is 5.69 Å². The summed E-state index contributed by atoms with van der Waals surface area (Å²) in [4.78, 5) is 27.9. The second-order valence-electron chi connectivity index (χ2n) is 8.30. The minimum Gasteiger partial charge on any atom is -0.494 e. The molecule has 0 saturated heterocycles. The van der Waals surface area contributed by atoms with Gasteiger partial charge in [-0.1, -0.05) is 55.5 Å². The number of carbonyl (C=O) groups is 2. The van der Waals surface area contributed by atoms with Crippen LogP contribution in [-0.4, -0.2) is 51.4 Å². The number of rotatable bonds is 12. The Balaban J connectivity index is 2.00. The standard InChI is InChI=1S/C28H33N3O5S/c1-4-26(28(33)29-3)30(20-22-12-8-6-9-13-22)27(32)21-31(23-14-10-7-11-15-23)37(34,35)25-18-16-24(17-19-25)36-5-2/h6-19,26H,4-5,20-21H2,1-3H3,(H,29,33)/t26-/m0/s1. The van der Waals surface area contributed by atoms with Crippen LogP contribution >= 0.6 is 0 Å². The molecule has 1 atom stereocenters. The summed E-state index contributed by atoms with van der Waals surface area (Å²) in [6.45, 7) is 3.81. The number of hydrogen-bond donors (Lipinski definition) is 1. The Kier molecular flexibility index (Phi) is 9.68. The molecule has 1 N–H and O–H groups in total. The first-order valence-electron chi connectivity index (χ1n) is 12.2. The first-order valence-corrected chi connectivity index (χ1v) is 13.6. The summed E-state index contributed by atoms with van der Waals surface area (Å²) in [6.07, 6.45) is 0.370. The fraction of sp³-hybridized carbons (Fsp3) is 0.286. The van der Waals surface area contributed by atoms with Crippen LogP contribution in [0.15, 0.2) is 89.8 Å². The third kappa shape index (κ3) is 6.89. The molecule has 8 nitrogen and oxygen atoms in total. The average molecular weight is 524 g/mol. The number of nitrogens with one attached hydrogen (secondary N) is 1. The maximum atomic E-state index is 13.8. The molecule has 0 bridgehead atoms. The van der Waals surface area contributed by atoms with E-state index >= 15 is 0 Å². The molecule has 3 rings (SSSR count). The molecule has 0 aliphatic rings. The normalized spacial score (nSPS) is 11.9. The fourth-order valence-corrected chi connectivity index (χ4v) is 5.41. The van der Waals surface area contributed by atoms with Crippen molar-refractivity contribution in [2.75, 3.05) is 24.5 Å². The van der Waals surface area contributed by atoms with E-state index in [0.717, 1.165) is 9.87 Å². The average Bonchev–Trinajstić information content (AvgIpc) is 2.92. The molecular formula is C28H33N3O5S. The van der Waals surface area contributed by atoms with Crippen LogP contribution in [0.2, 0.25) is 0 Å². The number of amides is 2. The third-order valence-corrected chi connectivity index (χ3v) is 7.66. The number of ether oxygens (including phenoxy) is 1. The predicted octanol–water partition coefficient (Wildman–Crippen LogP) is 3.83. The van der Waals surface area contributed by atoms with Gasteiger partial charge in [-0.15, -0.1) is 0 Å². The summed E-state index contributed by atoms with van der Waals surface area (Å²) < 4.78 is 34.1. The quantitative estimate of drug-likeness (QED) is 0.389. The van der Waals surface area contributed by atoms with Crippen molar-refractivity contribution in [2.45, 2.75) is 37.8 Å². The number of para-hydroxylation sites is 1. The predicted molar refractivity (Wildman–Crippen MR) is 144 cm³/mol. The number of sulfonamides is 1. The summed E-state index contributed by atoms with van der Waals surface area (Å²) in [7, 11) is -2.60. The minimum absolute atomic E-state index is 0.0283. The second-order valence-corrected chi connectivity index (χ2v) is 10.2. The zero-order valence-electron chi connectivity index (χ0n) is 21.3. The number of nitrogens with zero attached hydrogens (tertiary/aromatic N) is 2. The summed E-state index contributed by atoms with van der Waals surface area (Å²) >= 11 is 0. The first kappa shape index (κ1) is 27.7. The zero-order valence-corrected chi connectivity index (χ0v) is 22.1. The lowest BCUT2D eigenvalue weighted by atomic mass is 10.1. The maximum absolute atomic E-state index is 13.8. The van der Waals surface area contributed by atoms with Crippen molar-refractivity contribution >= 4 is 27.5 Å². The van der Waals surface area contributed by atoms with Crippen molar-refractivity contribution < 1.29 is 22.7 Å². The molecule has 9 heteroatoms. The Labute approximate surface area is 218 Å². The SMILES string of the molecule is CCOc1ccc(S(=O)(=O)N(CC(=O)N(Cc2ccccc2)[C@@H](CC)C(=O)NC)c2ccccc2)cc1. The van der Waals surface area contributed by atoms with Crippen LogP contribution in [-0.2, 0) is 26.2 Å². The highest BCUT2D eigenvalue weighted by atomic mass is 32.2. The van der Waals surface area contributed by atoms with Gasteiger partial charge in [-0.05, 0) is 55.3 Å². The second kappa shape index (κ2) is 12.9.